The fraction of sp³-hybridized carbons (Fsp3) is 0.455. The van der Waals surface area contributed by atoms with E-state index in [1.807, 2.05) is 41.5 Å². The number of nitrogens with two attached hydrogens (primary N) is 1. The van der Waals surface area contributed by atoms with Gasteiger partial charge in [-0.3, -0.25) is 24.6 Å². The number of carbonyl (C=O) groups excluding carboxylic acids is 5. The van der Waals surface area contributed by atoms with Crippen molar-refractivity contribution in [1.82, 2.24) is 35.5 Å². The van der Waals surface area contributed by atoms with E-state index in [4.69, 9.17) is 66.7 Å². The van der Waals surface area contributed by atoms with E-state index in [1.165, 1.54) is 12.4 Å². The molecule has 2 aromatic heterocycles. The molecule has 17 nitrogen and oxygen atoms in total. The standard InChI is InChI=1S/C22H26Cl2N4O4.C12H8Cl2N2O3.C10H20N2O2/c1-22(2,3)32-21(31)28-9-7-14(8-10-28)26-20(30)19-13(12-25-27-19)11-17(29)18-15(23)5-4-6-16(18)24;13-7-2-1-3-8(14)10(7)9(17)4-6-5-15-16-11(6)12(18)19;1-10(2,3)14-9(13)12-6-4-8(11)5-7-12/h4-6,12,14H,7-11H2,1-3H3,(H,25,27)(H,26,30);1-3,5H,4H2,(H,15,16)(H,18,19);8H,4-7,11H2,1-3H3. The molecule has 21 heteroatoms. The first-order valence-electron chi connectivity index (χ1n) is 20.7. The average molecular weight is 981 g/mol. The van der Waals surface area contributed by atoms with Gasteiger partial charge in [0, 0.05) is 62.2 Å². The molecule has 4 heterocycles. The van der Waals surface area contributed by atoms with E-state index < -0.39 is 17.2 Å². The predicted molar refractivity (Wildman–Crippen MR) is 246 cm³/mol. The Labute approximate surface area is 396 Å². The highest BCUT2D eigenvalue weighted by molar-refractivity contribution is 6.40. The zero-order valence-corrected chi connectivity index (χ0v) is 40.0. The summed E-state index contributed by atoms with van der Waals surface area (Å²) in [6.45, 7) is 13.5. The van der Waals surface area contributed by atoms with Crippen LogP contribution in [-0.4, -0.2) is 120 Å². The van der Waals surface area contributed by atoms with E-state index >= 15 is 0 Å². The number of amides is 3. The first kappa shape index (κ1) is 52.4. The Balaban J connectivity index is 0.000000237. The summed E-state index contributed by atoms with van der Waals surface area (Å²) >= 11 is 24.1. The molecule has 4 aromatic rings. The molecule has 2 aliphatic rings. The minimum atomic E-state index is -1.18. The molecule has 3 amide bonds. The SMILES string of the molecule is CC(C)(C)OC(=O)N1CCC(N)CC1.CC(C)(C)OC(=O)N1CCC(NC(=O)c2[nH]ncc2CC(=O)c2c(Cl)cccc2Cl)CC1.O=C(O)c1[nH]ncc1CC(=O)c1c(Cl)cccc1Cl. The summed E-state index contributed by atoms with van der Waals surface area (Å²) in [5.74, 6) is -2.20. The van der Waals surface area contributed by atoms with Gasteiger partial charge >= 0.3 is 18.2 Å². The van der Waals surface area contributed by atoms with Crippen molar-refractivity contribution in [3.63, 3.8) is 0 Å². The van der Waals surface area contributed by atoms with E-state index in [0.29, 0.717) is 31.5 Å². The van der Waals surface area contributed by atoms with Crippen molar-refractivity contribution in [1.29, 1.82) is 0 Å². The third-order valence-electron chi connectivity index (χ3n) is 9.74. The van der Waals surface area contributed by atoms with Crippen molar-refractivity contribution in [3.05, 3.63) is 103 Å². The maximum atomic E-state index is 12.8. The normalized spacial score (nSPS) is 14.6. The zero-order valence-electron chi connectivity index (χ0n) is 36.9. The number of hydrogen-bond acceptors (Lipinski definition) is 11. The van der Waals surface area contributed by atoms with Crippen LogP contribution in [0.5, 0.6) is 0 Å². The first-order valence-corrected chi connectivity index (χ1v) is 22.2. The van der Waals surface area contributed by atoms with Crippen molar-refractivity contribution < 1.29 is 43.3 Å². The van der Waals surface area contributed by atoms with Gasteiger partial charge in [0.2, 0.25) is 0 Å². The highest BCUT2D eigenvalue weighted by Gasteiger charge is 2.30. The van der Waals surface area contributed by atoms with Crippen LogP contribution < -0.4 is 11.1 Å². The van der Waals surface area contributed by atoms with Crippen LogP contribution in [0, 0.1) is 0 Å². The number of hydrogen-bond donors (Lipinski definition) is 5. The molecule has 65 heavy (non-hydrogen) atoms. The summed E-state index contributed by atoms with van der Waals surface area (Å²) in [5, 5.41) is 25.4. The third-order valence-corrected chi connectivity index (χ3v) is 11.0. The minimum Gasteiger partial charge on any atom is -0.477 e. The van der Waals surface area contributed by atoms with E-state index in [2.05, 4.69) is 25.7 Å². The van der Waals surface area contributed by atoms with Gasteiger partial charge in [0.25, 0.3) is 5.91 Å². The Kier molecular flexibility index (Phi) is 18.8. The van der Waals surface area contributed by atoms with Crippen molar-refractivity contribution in [2.75, 3.05) is 26.2 Å². The quantitative estimate of drug-likeness (QED) is 0.0993. The number of rotatable bonds is 9. The first-order chi connectivity index (χ1) is 30.4. The number of aromatic carboxylic acids is 1. The van der Waals surface area contributed by atoms with E-state index in [0.717, 1.165) is 25.9 Å². The Bertz CT molecular complexity index is 2280. The van der Waals surface area contributed by atoms with Gasteiger partial charge < -0.3 is 35.4 Å². The van der Waals surface area contributed by atoms with Crippen LogP contribution in [0.25, 0.3) is 0 Å². The smallest absolute Gasteiger partial charge is 0.410 e. The Morgan fingerprint density at radius 3 is 1.43 bits per heavy atom. The van der Waals surface area contributed by atoms with Crippen LogP contribution in [0.3, 0.4) is 0 Å². The number of nitrogens with zero attached hydrogens (tertiary/aromatic N) is 4. The second-order valence-corrected chi connectivity index (χ2v) is 18.9. The Morgan fingerprint density at radius 2 is 1.05 bits per heavy atom. The number of benzene rings is 2. The number of carboxylic acid groups (broad SMARTS) is 1. The molecule has 0 atom stereocenters. The Morgan fingerprint density at radius 1 is 0.677 bits per heavy atom. The molecule has 0 saturated carbocycles. The lowest BCUT2D eigenvalue weighted by Crippen LogP contribution is -2.48. The number of aromatic nitrogens is 4. The zero-order chi connectivity index (χ0) is 48.2. The molecule has 0 spiro atoms. The Hall–Kier alpha value is -5.20. The van der Waals surface area contributed by atoms with Gasteiger partial charge in [0.05, 0.1) is 43.6 Å². The van der Waals surface area contributed by atoms with Crippen LogP contribution in [0.4, 0.5) is 9.59 Å². The molecule has 6 N–H and O–H groups in total. The van der Waals surface area contributed by atoms with Gasteiger partial charge in [-0.2, -0.15) is 10.2 Å². The van der Waals surface area contributed by atoms with Gasteiger partial charge in [-0.15, -0.1) is 0 Å². The molecule has 2 fully saturated rings. The van der Waals surface area contributed by atoms with Crippen LogP contribution in [0.15, 0.2) is 48.8 Å². The highest BCUT2D eigenvalue weighted by Crippen LogP contribution is 2.28. The summed E-state index contributed by atoms with van der Waals surface area (Å²) in [5.41, 5.74) is 6.04. The van der Waals surface area contributed by atoms with Crippen molar-refractivity contribution in [2.24, 2.45) is 5.73 Å². The third kappa shape index (κ3) is 16.0. The summed E-state index contributed by atoms with van der Waals surface area (Å²) in [4.78, 5) is 75.7. The fourth-order valence-corrected chi connectivity index (χ4v) is 7.74. The van der Waals surface area contributed by atoms with Crippen LogP contribution >= 0.6 is 46.4 Å². The van der Waals surface area contributed by atoms with Gasteiger partial charge in [0.15, 0.2) is 11.6 Å². The molecule has 2 aromatic carbocycles. The van der Waals surface area contributed by atoms with Crippen LogP contribution in [0.1, 0.15) is 120 Å². The number of ether oxygens (including phenoxy) is 2. The van der Waals surface area contributed by atoms with E-state index in [1.54, 1.807) is 46.2 Å². The molecule has 6 rings (SSSR count). The molecular formula is C44H54Cl4N8O9. The highest BCUT2D eigenvalue weighted by atomic mass is 35.5. The number of H-pyrrole nitrogens is 2. The predicted octanol–water partition coefficient (Wildman–Crippen LogP) is 8.46. The number of carboxylic acids is 1. The summed E-state index contributed by atoms with van der Waals surface area (Å²) < 4.78 is 10.7. The number of likely N-dealkylation sites (tertiary alicyclic amines) is 2. The number of nitrogens with one attached hydrogen (secondary N) is 3. The van der Waals surface area contributed by atoms with Crippen LogP contribution in [-0.2, 0) is 22.3 Å². The van der Waals surface area contributed by atoms with E-state index in [9.17, 15) is 28.8 Å². The number of halogens is 4. The molecule has 352 valence electrons. The molecule has 0 bridgehead atoms. The number of aromatic amines is 2. The molecule has 2 aliphatic heterocycles. The second kappa shape index (κ2) is 23.3. The lowest BCUT2D eigenvalue weighted by atomic mass is 10.0. The molecular weight excluding hydrogens is 926 g/mol. The fourth-order valence-electron chi connectivity index (χ4n) is 6.52. The molecule has 0 radical (unpaired) electrons. The monoisotopic (exact) mass is 978 g/mol. The maximum absolute atomic E-state index is 12.8. The minimum absolute atomic E-state index is 0.0696. The van der Waals surface area contributed by atoms with Crippen molar-refractivity contribution in [3.8, 4) is 0 Å². The molecule has 2 saturated heterocycles. The lowest BCUT2D eigenvalue weighted by Gasteiger charge is -2.33. The molecule has 0 unspecified atom stereocenters. The molecule has 0 aliphatic carbocycles. The maximum Gasteiger partial charge on any atom is 0.410 e. The van der Waals surface area contributed by atoms with Gasteiger partial charge in [-0.05, 0) is 91.5 Å². The van der Waals surface area contributed by atoms with Gasteiger partial charge in [-0.1, -0.05) is 58.5 Å². The number of carbonyl (C=O) groups is 6. The second-order valence-electron chi connectivity index (χ2n) is 17.3. The topological polar surface area (TPSA) is 243 Å². The summed E-state index contributed by atoms with van der Waals surface area (Å²) in [6, 6.07) is 9.71. The average Bonchev–Trinajstić information content (AvgIpc) is 3.87. The van der Waals surface area contributed by atoms with Gasteiger partial charge in [-0.25, -0.2) is 14.4 Å². The van der Waals surface area contributed by atoms with E-state index in [-0.39, 0.29) is 103 Å². The van der Waals surface area contributed by atoms with Crippen LogP contribution in [0.2, 0.25) is 20.1 Å². The summed E-state index contributed by atoms with van der Waals surface area (Å²) in [6.07, 6.45) is 4.92. The van der Waals surface area contributed by atoms with Gasteiger partial charge in [0.1, 0.15) is 22.6 Å². The number of Topliss-reactive ketones (excluding diaryl/α,β-unsaturated/α-hetero) is 2. The number of piperidine rings is 2. The summed E-state index contributed by atoms with van der Waals surface area (Å²) in [7, 11) is 0. The largest absolute Gasteiger partial charge is 0.477 e. The van der Waals surface area contributed by atoms with Crippen molar-refractivity contribution in [2.45, 2.75) is 103 Å². The number of ketones is 2. The van der Waals surface area contributed by atoms with Crippen molar-refractivity contribution >= 4 is 82.0 Å². The lowest BCUT2D eigenvalue weighted by molar-refractivity contribution is 0.0191.